The Balaban J connectivity index is 2.60. The highest BCUT2D eigenvalue weighted by Crippen LogP contribution is 2.25. The number of thiophene rings is 1. The van der Waals surface area contributed by atoms with E-state index in [1.54, 1.807) is 6.07 Å². The SMILES string of the molecule is CCCC(CCCl)CNS(=O)(=O)c1ccc(Cl)s1. The second-order valence-corrected chi connectivity index (χ2v) is 8.13. The van der Waals surface area contributed by atoms with Crippen LogP contribution in [0.5, 0.6) is 0 Å². The molecule has 1 rings (SSSR count). The molecule has 7 heteroatoms. The first-order valence-electron chi connectivity index (χ1n) is 5.80. The Kier molecular flexibility index (Phi) is 6.95. The van der Waals surface area contributed by atoms with Gasteiger partial charge in [0.25, 0.3) is 0 Å². The van der Waals surface area contributed by atoms with E-state index in [1.807, 2.05) is 0 Å². The van der Waals surface area contributed by atoms with Crippen molar-refractivity contribution in [3.63, 3.8) is 0 Å². The fraction of sp³-hybridized carbons (Fsp3) is 0.636. The zero-order chi connectivity index (χ0) is 13.6. The Morgan fingerprint density at radius 1 is 1.39 bits per heavy atom. The lowest BCUT2D eigenvalue weighted by atomic mass is 10.0. The lowest BCUT2D eigenvalue weighted by Gasteiger charge is -2.15. The number of halogens is 2. The van der Waals surface area contributed by atoms with Crippen molar-refractivity contribution in [3.8, 4) is 0 Å². The van der Waals surface area contributed by atoms with Gasteiger partial charge in [-0.05, 0) is 30.9 Å². The maximum absolute atomic E-state index is 12.0. The van der Waals surface area contributed by atoms with Crippen molar-refractivity contribution < 1.29 is 8.42 Å². The van der Waals surface area contributed by atoms with Gasteiger partial charge in [0.05, 0.1) is 4.34 Å². The molecule has 18 heavy (non-hydrogen) atoms. The largest absolute Gasteiger partial charge is 0.250 e. The van der Waals surface area contributed by atoms with Crippen molar-refractivity contribution in [2.45, 2.75) is 30.4 Å². The fourth-order valence-electron chi connectivity index (χ4n) is 1.65. The maximum Gasteiger partial charge on any atom is 0.250 e. The number of sulfonamides is 1. The predicted octanol–water partition coefficient (Wildman–Crippen LogP) is 3.73. The third kappa shape index (κ3) is 5.05. The first kappa shape index (κ1) is 16.2. The average Bonchev–Trinajstić information content (AvgIpc) is 2.74. The highest BCUT2D eigenvalue weighted by molar-refractivity contribution is 7.91. The molecule has 1 aromatic rings. The molecule has 0 spiro atoms. The molecule has 0 aliphatic rings. The zero-order valence-electron chi connectivity index (χ0n) is 10.2. The van der Waals surface area contributed by atoms with Gasteiger partial charge in [0, 0.05) is 12.4 Å². The van der Waals surface area contributed by atoms with Crippen molar-refractivity contribution in [2.75, 3.05) is 12.4 Å². The Morgan fingerprint density at radius 3 is 2.61 bits per heavy atom. The summed E-state index contributed by atoms with van der Waals surface area (Å²) in [4.78, 5) is 0. The van der Waals surface area contributed by atoms with Crippen LogP contribution >= 0.6 is 34.5 Å². The summed E-state index contributed by atoms with van der Waals surface area (Å²) in [6, 6.07) is 3.11. The Morgan fingerprint density at radius 2 is 2.11 bits per heavy atom. The minimum absolute atomic E-state index is 0.258. The smallest absolute Gasteiger partial charge is 0.210 e. The molecule has 0 aromatic carbocycles. The van der Waals surface area contributed by atoms with Gasteiger partial charge in [-0.1, -0.05) is 24.9 Å². The van der Waals surface area contributed by atoms with E-state index in [-0.39, 0.29) is 10.1 Å². The molecule has 0 radical (unpaired) electrons. The van der Waals surface area contributed by atoms with Crippen LogP contribution in [0.15, 0.2) is 16.3 Å². The van der Waals surface area contributed by atoms with E-state index in [1.165, 1.54) is 6.07 Å². The van der Waals surface area contributed by atoms with Crippen LogP contribution in [0.2, 0.25) is 4.34 Å². The third-order valence-corrected chi connectivity index (χ3v) is 5.95. The molecular formula is C11H17Cl2NO2S2. The summed E-state index contributed by atoms with van der Waals surface area (Å²) < 4.78 is 27.3. The molecule has 1 N–H and O–H groups in total. The van der Waals surface area contributed by atoms with E-state index >= 15 is 0 Å². The summed E-state index contributed by atoms with van der Waals surface area (Å²) >= 11 is 12.5. The van der Waals surface area contributed by atoms with E-state index in [9.17, 15) is 8.42 Å². The van der Waals surface area contributed by atoms with Gasteiger partial charge in [-0.2, -0.15) is 0 Å². The van der Waals surface area contributed by atoms with E-state index in [0.717, 1.165) is 30.6 Å². The number of hydrogen-bond acceptors (Lipinski definition) is 3. The van der Waals surface area contributed by atoms with Crippen LogP contribution in [-0.4, -0.2) is 20.8 Å². The van der Waals surface area contributed by atoms with Gasteiger partial charge in [-0.3, -0.25) is 0 Å². The Bertz CT molecular complexity index is 453. The summed E-state index contributed by atoms with van der Waals surface area (Å²) in [7, 11) is -3.43. The van der Waals surface area contributed by atoms with Crippen molar-refractivity contribution in [1.82, 2.24) is 4.72 Å². The molecule has 0 fully saturated rings. The monoisotopic (exact) mass is 329 g/mol. The van der Waals surface area contributed by atoms with Gasteiger partial charge in [-0.25, -0.2) is 13.1 Å². The highest BCUT2D eigenvalue weighted by atomic mass is 35.5. The lowest BCUT2D eigenvalue weighted by Crippen LogP contribution is -2.29. The van der Waals surface area contributed by atoms with Crippen LogP contribution in [0.4, 0.5) is 0 Å². The molecule has 104 valence electrons. The van der Waals surface area contributed by atoms with E-state index in [4.69, 9.17) is 23.2 Å². The van der Waals surface area contributed by atoms with Gasteiger partial charge in [0.1, 0.15) is 4.21 Å². The van der Waals surface area contributed by atoms with Gasteiger partial charge < -0.3 is 0 Å². The molecule has 0 aliphatic heterocycles. The molecule has 0 saturated carbocycles. The number of nitrogens with one attached hydrogen (secondary N) is 1. The van der Waals surface area contributed by atoms with Crippen LogP contribution in [0.3, 0.4) is 0 Å². The Labute approximate surface area is 123 Å². The second-order valence-electron chi connectivity index (χ2n) is 4.04. The maximum atomic E-state index is 12.0. The van der Waals surface area contributed by atoms with Crippen LogP contribution < -0.4 is 4.72 Å². The van der Waals surface area contributed by atoms with E-state index < -0.39 is 10.0 Å². The van der Waals surface area contributed by atoms with Gasteiger partial charge in [0.2, 0.25) is 10.0 Å². The summed E-state index contributed by atoms with van der Waals surface area (Å²) in [5.74, 6) is 0.842. The van der Waals surface area contributed by atoms with E-state index in [2.05, 4.69) is 11.6 Å². The molecule has 0 saturated heterocycles. The van der Waals surface area contributed by atoms with Crippen LogP contribution in [-0.2, 0) is 10.0 Å². The second kappa shape index (κ2) is 7.70. The Hall–Kier alpha value is 0.190. The summed E-state index contributed by atoms with van der Waals surface area (Å²) in [6.45, 7) is 2.51. The van der Waals surface area contributed by atoms with Crippen LogP contribution in [0, 0.1) is 5.92 Å². The van der Waals surface area contributed by atoms with Crippen LogP contribution in [0.25, 0.3) is 0 Å². The minimum Gasteiger partial charge on any atom is -0.210 e. The summed E-state index contributed by atoms with van der Waals surface area (Å²) in [5.41, 5.74) is 0. The molecule has 0 amide bonds. The normalized spacial score (nSPS) is 13.7. The number of alkyl halides is 1. The van der Waals surface area contributed by atoms with Crippen molar-refractivity contribution >= 4 is 44.6 Å². The molecular weight excluding hydrogens is 313 g/mol. The molecule has 0 aliphatic carbocycles. The van der Waals surface area contributed by atoms with Crippen molar-refractivity contribution in [3.05, 3.63) is 16.5 Å². The predicted molar refractivity (Wildman–Crippen MR) is 78.3 cm³/mol. The number of hydrogen-bond donors (Lipinski definition) is 1. The highest BCUT2D eigenvalue weighted by Gasteiger charge is 2.18. The standard InChI is InChI=1S/C11H17Cl2NO2S2/c1-2-3-9(6-7-12)8-14-18(15,16)11-5-4-10(13)17-11/h4-5,9,14H,2-3,6-8H2,1H3. The van der Waals surface area contributed by atoms with E-state index in [0.29, 0.717) is 16.8 Å². The quantitative estimate of drug-likeness (QED) is 0.738. The molecule has 1 unspecified atom stereocenters. The molecule has 3 nitrogen and oxygen atoms in total. The van der Waals surface area contributed by atoms with Gasteiger partial charge >= 0.3 is 0 Å². The molecule has 1 heterocycles. The van der Waals surface area contributed by atoms with Crippen LogP contribution in [0.1, 0.15) is 26.2 Å². The summed E-state index contributed by atoms with van der Waals surface area (Å²) in [6.07, 6.45) is 2.82. The topological polar surface area (TPSA) is 46.2 Å². The fourth-order valence-corrected chi connectivity index (χ4v) is 4.60. The van der Waals surface area contributed by atoms with Crippen molar-refractivity contribution in [1.29, 1.82) is 0 Å². The molecule has 0 bridgehead atoms. The average molecular weight is 330 g/mol. The summed E-state index contributed by atoms with van der Waals surface area (Å²) in [5, 5.41) is 0. The minimum atomic E-state index is -3.43. The van der Waals surface area contributed by atoms with Gasteiger partial charge in [0.15, 0.2) is 0 Å². The van der Waals surface area contributed by atoms with Crippen molar-refractivity contribution in [2.24, 2.45) is 5.92 Å². The first-order chi connectivity index (χ1) is 8.49. The molecule has 1 atom stereocenters. The van der Waals surface area contributed by atoms with Gasteiger partial charge in [-0.15, -0.1) is 22.9 Å². The number of rotatable bonds is 8. The first-order valence-corrected chi connectivity index (χ1v) is 9.01. The zero-order valence-corrected chi connectivity index (χ0v) is 13.3. The third-order valence-electron chi connectivity index (χ3n) is 2.59. The molecule has 1 aromatic heterocycles. The lowest BCUT2D eigenvalue weighted by molar-refractivity contribution is 0.457.